The predicted molar refractivity (Wildman–Crippen MR) is 101 cm³/mol. The fourth-order valence-electron chi connectivity index (χ4n) is 3.23. The van der Waals surface area contributed by atoms with E-state index in [4.69, 9.17) is 4.74 Å². The van der Waals surface area contributed by atoms with Crippen LogP contribution in [-0.4, -0.2) is 52.0 Å². The van der Waals surface area contributed by atoms with E-state index in [0.717, 1.165) is 15.8 Å². The normalized spacial score (nSPS) is 15.3. The second kappa shape index (κ2) is 8.07. The molecule has 26 heavy (non-hydrogen) atoms. The van der Waals surface area contributed by atoms with Crippen molar-refractivity contribution in [3.8, 4) is 0 Å². The van der Waals surface area contributed by atoms with Gasteiger partial charge >= 0.3 is 6.09 Å². The average Bonchev–Trinajstić information content (AvgIpc) is 3.00. The van der Waals surface area contributed by atoms with Gasteiger partial charge in [0.2, 0.25) is 0 Å². The third-order valence-corrected chi connectivity index (χ3v) is 5.03. The lowest BCUT2D eigenvalue weighted by atomic mass is 10.1. The van der Waals surface area contributed by atoms with E-state index in [-0.39, 0.29) is 18.0 Å². The van der Waals surface area contributed by atoms with Crippen LogP contribution in [0.15, 0.2) is 22.8 Å². The van der Waals surface area contributed by atoms with Gasteiger partial charge in [-0.1, -0.05) is 6.92 Å². The van der Waals surface area contributed by atoms with E-state index in [0.29, 0.717) is 44.7 Å². The molecule has 2 amide bonds. The molecule has 7 nitrogen and oxygen atoms in total. The van der Waals surface area contributed by atoms with Gasteiger partial charge in [-0.2, -0.15) is 0 Å². The first-order valence-corrected chi connectivity index (χ1v) is 9.71. The zero-order chi connectivity index (χ0) is 18.7. The van der Waals surface area contributed by atoms with Crippen LogP contribution in [0.1, 0.15) is 42.9 Å². The number of ether oxygens (including phenoxy) is 1. The number of aryl methyl sites for hydroxylation is 1. The second-order valence-corrected chi connectivity index (χ2v) is 7.19. The van der Waals surface area contributed by atoms with Gasteiger partial charge in [0.1, 0.15) is 11.3 Å². The van der Waals surface area contributed by atoms with Crippen molar-refractivity contribution < 1.29 is 14.3 Å². The maximum Gasteiger partial charge on any atom is 0.409 e. The number of halogens is 1. The Kier molecular flexibility index (Phi) is 5.80. The molecule has 0 spiro atoms. The summed E-state index contributed by atoms with van der Waals surface area (Å²) >= 11 is 3.45. The second-order valence-electron chi connectivity index (χ2n) is 6.27. The summed E-state index contributed by atoms with van der Waals surface area (Å²) in [6, 6.07) is 3.84. The summed E-state index contributed by atoms with van der Waals surface area (Å²) in [5.41, 5.74) is 2.12. The Morgan fingerprint density at radius 3 is 2.69 bits per heavy atom. The van der Waals surface area contributed by atoms with Crippen LogP contribution in [0.4, 0.5) is 4.79 Å². The molecule has 3 rings (SSSR count). The summed E-state index contributed by atoms with van der Waals surface area (Å²) < 4.78 is 7.75. The van der Waals surface area contributed by atoms with Crippen LogP contribution in [0.3, 0.4) is 0 Å². The Morgan fingerprint density at radius 1 is 1.31 bits per heavy atom. The first-order valence-electron chi connectivity index (χ1n) is 8.92. The van der Waals surface area contributed by atoms with Gasteiger partial charge in [-0.15, -0.1) is 0 Å². The third kappa shape index (κ3) is 3.85. The molecule has 0 aromatic carbocycles. The van der Waals surface area contributed by atoms with Crippen molar-refractivity contribution in [3.63, 3.8) is 0 Å². The highest BCUT2D eigenvalue weighted by atomic mass is 79.9. The highest BCUT2D eigenvalue weighted by Crippen LogP contribution is 2.19. The zero-order valence-electron chi connectivity index (χ0n) is 15.0. The number of carbonyl (C=O) groups excluding carboxylic acids is 2. The van der Waals surface area contributed by atoms with Crippen molar-refractivity contribution in [2.24, 2.45) is 0 Å². The number of rotatable bonds is 4. The number of imidazole rings is 1. The minimum atomic E-state index is -0.280. The van der Waals surface area contributed by atoms with Crippen LogP contribution >= 0.6 is 15.9 Å². The summed E-state index contributed by atoms with van der Waals surface area (Å²) in [6.45, 7) is 5.33. The Balaban J connectivity index is 1.70. The first-order chi connectivity index (χ1) is 12.5. The standard InChI is InChI=1S/C18H23BrN4O3/c1-3-14-16(23-11-12(19)5-6-15(23)21-14)17(24)20-13-7-9-22(10-8-13)18(25)26-4-2/h5-6,11,13H,3-4,7-10H2,1-2H3,(H,20,24). The maximum absolute atomic E-state index is 12.9. The van der Waals surface area contributed by atoms with E-state index in [1.54, 1.807) is 11.8 Å². The van der Waals surface area contributed by atoms with E-state index in [2.05, 4.69) is 26.2 Å². The number of piperidine rings is 1. The van der Waals surface area contributed by atoms with Gasteiger partial charge in [-0.05, 0) is 54.2 Å². The van der Waals surface area contributed by atoms with Gasteiger partial charge in [0.25, 0.3) is 5.91 Å². The number of aromatic nitrogens is 2. The van der Waals surface area contributed by atoms with Crippen LogP contribution in [0.2, 0.25) is 0 Å². The Morgan fingerprint density at radius 2 is 2.04 bits per heavy atom. The van der Waals surface area contributed by atoms with Crippen LogP contribution in [0.25, 0.3) is 5.65 Å². The highest BCUT2D eigenvalue weighted by Gasteiger charge is 2.26. The lowest BCUT2D eigenvalue weighted by Crippen LogP contribution is -2.47. The third-order valence-electron chi connectivity index (χ3n) is 4.56. The topological polar surface area (TPSA) is 75.9 Å². The Labute approximate surface area is 160 Å². The predicted octanol–water partition coefficient (Wildman–Crippen LogP) is 3.01. The largest absolute Gasteiger partial charge is 0.450 e. The number of hydrogen-bond donors (Lipinski definition) is 1. The molecule has 0 atom stereocenters. The van der Waals surface area contributed by atoms with E-state index < -0.39 is 0 Å². The molecule has 0 unspecified atom stereocenters. The molecule has 0 radical (unpaired) electrons. The van der Waals surface area contributed by atoms with Crippen molar-refractivity contribution in [2.45, 2.75) is 39.2 Å². The minimum absolute atomic E-state index is 0.0376. The van der Waals surface area contributed by atoms with Crippen LogP contribution in [0.5, 0.6) is 0 Å². The molecule has 1 fully saturated rings. The molecule has 1 aliphatic heterocycles. The fourth-order valence-corrected chi connectivity index (χ4v) is 3.57. The number of pyridine rings is 1. The van der Waals surface area contributed by atoms with Crippen LogP contribution in [0, 0.1) is 0 Å². The van der Waals surface area contributed by atoms with Crippen molar-refractivity contribution >= 4 is 33.6 Å². The maximum atomic E-state index is 12.9. The fraction of sp³-hybridized carbons (Fsp3) is 0.500. The van der Waals surface area contributed by atoms with Gasteiger partial charge in [0.15, 0.2) is 0 Å². The van der Waals surface area contributed by atoms with Crippen molar-refractivity contribution in [3.05, 3.63) is 34.2 Å². The number of nitrogens with one attached hydrogen (secondary N) is 1. The number of hydrogen-bond acceptors (Lipinski definition) is 4. The van der Waals surface area contributed by atoms with E-state index in [9.17, 15) is 9.59 Å². The smallest absolute Gasteiger partial charge is 0.409 e. The van der Waals surface area contributed by atoms with Gasteiger partial charge in [-0.3, -0.25) is 9.20 Å². The summed E-state index contributed by atoms with van der Waals surface area (Å²) in [5, 5.41) is 3.11. The molecular formula is C18H23BrN4O3. The van der Waals surface area contributed by atoms with E-state index >= 15 is 0 Å². The summed E-state index contributed by atoms with van der Waals surface area (Å²) in [5.74, 6) is -0.123. The summed E-state index contributed by atoms with van der Waals surface area (Å²) in [6.07, 6.45) is 3.69. The average molecular weight is 423 g/mol. The molecule has 1 saturated heterocycles. The number of amides is 2. The van der Waals surface area contributed by atoms with Gasteiger partial charge in [-0.25, -0.2) is 9.78 Å². The first kappa shape index (κ1) is 18.7. The quantitative estimate of drug-likeness (QED) is 0.821. The molecule has 140 valence electrons. The van der Waals surface area contributed by atoms with E-state index in [1.807, 2.05) is 29.7 Å². The monoisotopic (exact) mass is 422 g/mol. The lowest BCUT2D eigenvalue weighted by molar-refractivity contribution is 0.0855. The molecule has 2 aromatic rings. The molecule has 1 N–H and O–H groups in total. The zero-order valence-corrected chi connectivity index (χ0v) is 16.6. The lowest BCUT2D eigenvalue weighted by Gasteiger charge is -2.31. The molecular weight excluding hydrogens is 400 g/mol. The molecule has 0 aliphatic carbocycles. The van der Waals surface area contributed by atoms with Crippen molar-refractivity contribution in [1.29, 1.82) is 0 Å². The molecule has 0 bridgehead atoms. The Hall–Kier alpha value is -2.09. The number of fused-ring (bicyclic) bond motifs is 1. The van der Waals surface area contributed by atoms with Crippen molar-refractivity contribution in [1.82, 2.24) is 19.6 Å². The number of likely N-dealkylation sites (tertiary alicyclic amines) is 1. The molecule has 1 aliphatic rings. The van der Waals surface area contributed by atoms with Gasteiger partial charge in [0.05, 0.1) is 12.3 Å². The molecule has 0 saturated carbocycles. The molecule has 3 heterocycles. The van der Waals surface area contributed by atoms with Gasteiger partial charge < -0.3 is 15.0 Å². The molecule has 2 aromatic heterocycles. The minimum Gasteiger partial charge on any atom is -0.450 e. The summed E-state index contributed by atoms with van der Waals surface area (Å²) in [7, 11) is 0. The summed E-state index contributed by atoms with van der Waals surface area (Å²) in [4.78, 5) is 30.9. The Bertz CT molecular complexity index is 812. The highest BCUT2D eigenvalue weighted by molar-refractivity contribution is 9.10. The number of carbonyl (C=O) groups is 2. The molecule has 8 heteroatoms. The van der Waals surface area contributed by atoms with Crippen LogP contribution < -0.4 is 5.32 Å². The van der Waals surface area contributed by atoms with Crippen LogP contribution in [-0.2, 0) is 11.2 Å². The van der Waals surface area contributed by atoms with E-state index in [1.165, 1.54) is 0 Å². The van der Waals surface area contributed by atoms with Crippen molar-refractivity contribution in [2.75, 3.05) is 19.7 Å². The number of nitrogens with zero attached hydrogens (tertiary/aromatic N) is 3. The van der Waals surface area contributed by atoms with Gasteiger partial charge in [0, 0.05) is 29.8 Å². The SMILES string of the molecule is CCOC(=O)N1CCC(NC(=O)c2c(CC)nc3ccc(Br)cn23)CC1.